The van der Waals surface area contributed by atoms with Crippen LogP contribution in [0.5, 0.6) is 5.75 Å². The summed E-state index contributed by atoms with van der Waals surface area (Å²) in [4.78, 5) is 3.19. The number of fused-ring (bicyclic) bond motifs is 1. The largest absolute Gasteiger partial charge is 0.491 e. The molecule has 16 heavy (non-hydrogen) atoms. The second kappa shape index (κ2) is 4.58. The first-order chi connectivity index (χ1) is 7.70. The fourth-order valence-corrected chi connectivity index (χ4v) is 1.83. The molecule has 0 unspecified atom stereocenters. The number of rotatable bonds is 4. The highest BCUT2D eigenvalue weighted by Gasteiger charge is 2.05. The van der Waals surface area contributed by atoms with Crippen molar-refractivity contribution in [1.82, 2.24) is 4.98 Å². The standard InChI is InChI=1S/C13H17NO2/c1-9(2)16-11-3-4-13-12(7-11)10(5-6-15)8-14-13/h3-4,7-9,14-15H,5-6H2,1-2H3. The van der Waals surface area contributed by atoms with Crippen LogP contribution in [0.1, 0.15) is 19.4 Å². The molecule has 1 aromatic heterocycles. The average molecular weight is 219 g/mol. The van der Waals surface area contributed by atoms with Crippen molar-refractivity contribution in [2.45, 2.75) is 26.4 Å². The van der Waals surface area contributed by atoms with Gasteiger partial charge in [0.2, 0.25) is 0 Å². The smallest absolute Gasteiger partial charge is 0.120 e. The van der Waals surface area contributed by atoms with Crippen LogP contribution in [-0.2, 0) is 6.42 Å². The number of H-pyrrole nitrogens is 1. The van der Waals surface area contributed by atoms with Crippen molar-refractivity contribution < 1.29 is 9.84 Å². The summed E-state index contributed by atoms with van der Waals surface area (Å²) in [5, 5.41) is 10.1. The number of hydrogen-bond acceptors (Lipinski definition) is 2. The Morgan fingerprint density at radius 2 is 2.19 bits per heavy atom. The third kappa shape index (κ3) is 2.19. The Hall–Kier alpha value is -1.48. The van der Waals surface area contributed by atoms with Gasteiger partial charge in [-0.2, -0.15) is 0 Å². The Labute approximate surface area is 95.1 Å². The van der Waals surface area contributed by atoms with Crippen molar-refractivity contribution in [3.63, 3.8) is 0 Å². The average Bonchev–Trinajstić information content (AvgIpc) is 2.61. The van der Waals surface area contributed by atoms with Gasteiger partial charge < -0.3 is 14.8 Å². The summed E-state index contributed by atoms with van der Waals surface area (Å²) >= 11 is 0. The number of aromatic amines is 1. The van der Waals surface area contributed by atoms with Crippen molar-refractivity contribution in [3.8, 4) is 5.75 Å². The predicted molar refractivity (Wildman–Crippen MR) is 64.9 cm³/mol. The second-order valence-electron chi connectivity index (χ2n) is 4.16. The molecular weight excluding hydrogens is 202 g/mol. The van der Waals surface area contributed by atoms with E-state index in [1.165, 1.54) is 0 Å². The monoisotopic (exact) mass is 219 g/mol. The molecule has 0 aliphatic heterocycles. The predicted octanol–water partition coefficient (Wildman–Crippen LogP) is 2.49. The Bertz CT molecular complexity index is 474. The van der Waals surface area contributed by atoms with Crippen molar-refractivity contribution >= 4 is 10.9 Å². The zero-order valence-corrected chi connectivity index (χ0v) is 9.66. The molecular formula is C13H17NO2. The molecule has 0 fully saturated rings. The van der Waals surface area contributed by atoms with E-state index in [1.54, 1.807) is 0 Å². The highest BCUT2D eigenvalue weighted by Crippen LogP contribution is 2.24. The van der Waals surface area contributed by atoms with Crippen molar-refractivity contribution in [1.29, 1.82) is 0 Å². The Balaban J connectivity index is 2.37. The lowest BCUT2D eigenvalue weighted by molar-refractivity contribution is 0.242. The van der Waals surface area contributed by atoms with E-state index >= 15 is 0 Å². The first-order valence-corrected chi connectivity index (χ1v) is 5.58. The van der Waals surface area contributed by atoms with E-state index in [0.717, 1.165) is 22.2 Å². The van der Waals surface area contributed by atoms with Crippen LogP contribution in [0.4, 0.5) is 0 Å². The normalized spacial score (nSPS) is 11.2. The molecule has 2 N–H and O–H groups in total. The number of aliphatic hydroxyl groups is 1. The summed E-state index contributed by atoms with van der Waals surface area (Å²) in [6, 6.07) is 5.99. The summed E-state index contributed by atoms with van der Waals surface area (Å²) in [5.41, 5.74) is 2.21. The molecule has 0 aliphatic carbocycles. The molecule has 0 atom stereocenters. The summed E-state index contributed by atoms with van der Waals surface area (Å²) in [6.45, 7) is 4.19. The highest BCUT2D eigenvalue weighted by atomic mass is 16.5. The van der Waals surface area contributed by atoms with Crippen molar-refractivity contribution in [2.24, 2.45) is 0 Å². The third-order valence-corrected chi connectivity index (χ3v) is 2.49. The van der Waals surface area contributed by atoms with Crippen LogP contribution in [-0.4, -0.2) is 22.8 Å². The maximum absolute atomic E-state index is 8.97. The van der Waals surface area contributed by atoms with Crippen LogP contribution in [0.15, 0.2) is 24.4 Å². The fraction of sp³-hybridized carbons (Fsp3) is 0.385. The van der Waals surface area contributed by atoms with Gasteiger partial charge in [-0.1, -0.05) is 0 Å². The zero-order chi connectivity index (χ0) is 11.5. The van der Waals surface area contributed by atoms with Crippen LogP contribution in [0.25, 0.3) is 10.9 Å². The lowest BCUT2D eigenvalue weighted by Crippen LogP contribution is -2.05. The molecule has 3 nitrogen and oxygen atoms in total. The van der Waals surface area contributed by atoms with Gasteiger partial charge in [0, 0.05) is 23.7 Å². The van der Waals surface area contributed by atoms with Gasteiger partial charge >= 0.3 is 0 Å². The van der Waals surface area contributed by atoms with E-state index in [-0.39, 0.29) is 12.7 Å². The van der Waals surface area contributed by atoms with Gasteiger partial charge in [0.15, 0.2) is 0 Å². The van der Waals surface area contributed by atoms with E-state index < -0.39 is 0 Å². The van der Waals surface area contributed by atoms with Crippen LogP contribution >= 0.6 is 0 Å². The molecule has 0 aliphatic rings. The van der Waals surface area contributed by atoms with Gasteiger partial charge in [0.25, 0.3) is 0 Å². The van der Waals surface area contributed by atoms with Gasteiger partial charge in [0.1, 0.15) is 5.75 Å². The van der Waals surface area contributed by atoms with Gasteiger partial charge in [-0.25, -0.2) is 0 Å². The lowest BCUT2D eigenvalue weighted by Gasteiger charge is -2.09. The van der Waals surface area contributed by atoms with Crippen molar-refractivity contribution in [3.05, 3.63) is 30.0 Å². The molecule has 2 aromatic rings. The molecule has 3 heteroatoms. The molecule has 1 heterocycles. The Morgan fingerprint density at radius 3 is 2.88 bits per heavy atom. The van der Waals surface area contributed by atoms with Crippen molar-refractivity contribution in [2.75, 3.05) is 6.61 Å². The molecule has 0 amide bonds. The Morgan fingerprint density at radius 1 is 1.38 bits per heavy atom. The van der Waals surface area contributed by atoms with Crippen LogP contribution in [0, 0.1) is 0 Å². The molecule has 0 spiro atoms. The lowest BCUT2D eigenvalue weighted by atomic mass is 10.1. The Kier molecular flexibility index (Phi) is 3.15. The molecule has 0 radical (unpaired) electrons. The molecule has 1 aromatic carbocycles. The van der Waals surface area contributed by atoms with Crippen LogP contribution in [0.3, 0.4) is 0 Å². The number of benzene rings is 1. The van der Waals surface area contributed by atoms with E-state index in [1.807, 2.05) is 38.2 Å². The number of aromatic nitrogens is 1. The van der Waals surface area contributed by atoms with E-state index in [4.69, 9.17) is 9.84 Å². The molecule has 86 valence electrons. The maximum atomic E-state index is 8.97. The van der Waals surface area contributed by atoms with E-state index in [2.05, 4.69) is 4.98 Å². The second-order valence-corrected chi connectivity index (χ2v) is 4.16. The number of nitrogens with one attached hydrogen (secondary N) is 1. The summed E-state index contributed by atoms with van der Waals surface area (Å²) < 4.78 is 5.65. The molecule has 2 rings (SSSR count). The number of aliphatic hydroxyl groups excluding tert-OH is 1. The van der Waals surface area contributed by atoms with Crippen LogP contribution in [0.2, 0.25) is 0 Å². The topological polar surface area (TPSA) is 45.2 Å². The fourth-order valence-electron chi connectivity index (χ4n) is 1.83. The quantitative estimate of drug-likeness (QED) is 0.829. The number of ether oxygens (including phenoxy) is 1. The summed E-state index contributed by atoms with van der Waals surface area (Å²) in [6.07, 6.45) is 2.79. The van der Waals surface area contributed by atoms with Crippen LogP contribution < -0.4 is 4.74 Å². The molecule has 0 bridgehead atoms. The van der Waals surface area contributed by atoms with E-state index in [9.17, 15) is 0 Å². The molecule has 0 saturated heterocycles. The maximum Gasteiger partial charge on any atom is 0.120 e. The SMILES string of the molecule is CC(C)Oc1ccc2[nH]cc(CCO)c2c1. The first-order valence-electron chi connectivity index (χ1n) is 5.58. The summed E-state index contributed by atoms with van der Waals surface area (Å²) in [5.74, 6) is 0.876. The molecule has 0 saturated carbocycles. The van der Waals surface area contributed by atoms with Gasteiger partial charge in [-0.05, 0) is 44.0 Å². The summed E-state index contributed by atoms with van der Waals surface area (Å²) in [7, 11) is 0. The minimum atomic E-state index is 0.169. The minimum absolute atomic E-state index is 0.169. The van der Waals surface area contributed by atoms with Gasteiger partial charge in [-0.3, -0.25) is 0 Å². The first kappa shape index (κ1) is 11.0. The van der Waals surface area contributed by atoms with E-state index in [0.29, 0.717) is 6.42 Å². The highest BCUT2D eigenvalue weighted by molar-refractivity contribution is 5.84. The zero-order valence-electron chi connectivity index (χ0n) is 9.66. The van der Waals surface area contributed by atoms with Gasteiger partial charge in [-0.15, -0.1) is 0 Å². The number of hydrogen-bond donors (Lipinski definition) is 2. The minimum Gasteiger partial charge on any atom is -0.491 e. The van der Waals surface area contributed by atoms with Gasteiger partial charge in [0.05, 0.1) is 6.10 Å². The third-order valence-electron chi connectivity index (χ3n) is 2.49.